The van der Waals surface area contributed by atoms with Gasteiger partial charge in [0.1, 0.15) is 6.04 Å². The van der Waals surface area contributed by atoms with Crippen molar-refractivity contribution >= 4 is 27.8 Å². The minimum absolute atomic E-state index is 0.702. The van der Waals surface area contributed by atoms with Crippen molar-refractivity contribution in [3.8, 4) is 0 Å². The number of carboxylic acid groups (broad SMARTS) is 1. The van der Waals surface area contributed by atoms with Crippen LogP contribution in [0.3, 0.4) is 0 Å². The fraction of sp³-hybridized carbons (Fsp3) is 0.200. The summed E-state index contributed by atoms with van der Waals surface area (Å²) in [6.07, 6.45) is 3.58. The van der Waals surface area contributed by atoms with E-state index in [2.05, 4.69) is 14.9 Å². The minimum atomic E-state index is -0.884. The van der Waals surface area contributed by atoms with Crippen molar-refractivity contribution in [2.75, 3.05) is 7.05 Å². The zero-order valence-electron chi connectivity index (χ0n) is 11.3. The summed E-state index contributed by atoms with van der Waals surface area (Å²) in [5.41, 5.74) is 2.89. The number of aromatic nitrogens is 2. The maximum Gasteiger partial charge on any atom is 0.325 e. The first kappa shape index (κ1) is 12.6. The lowest BCUT2D eigenvalue weighted by Crippen LogP contribution is -2.24. The van der Waals surface area contributed by atoms with E-state index in [1.165, 1.54) is 0 Å². The predicted molar refractivity (Wildman–Crippen MR) is 77.7 cm³/mol. The van der Waals surface area contributed by atoms with E-state index >= 15 is 0 Å². The second-order valence-corrected chi connectivity index (χ2v) is 4.79. The smallest absolute Gasteiger partial charge is 0.325 e. The van der Waals surface area contributed by atoms with E-state index in [4.69, 9.17) is 0 Å². The Kier molecular flexibility index (Phi) is 2.91. The van der Waals surface area contributed by atoms with Gasteiger partial charge in [0.2, 0.25) is 0 Å². The second-order valence-electron chi connectivity index (χ2n) is 4.79. The molecule has 102 valence electrons. The number of aliphatic carboxylic acids is 1. The van der Waals surface area contributed by atoms with Gasteiger partial charge in [-0.15, -0.1) is 0 Å². The SMILES string of the molecule is CNC(C(=O)O)c1ccc2c(c1)c1cnccc1n2C. The molecule has 1 aromatic carbocycles. The van der Waals surface area contributed by atoms with Crippen LogP contribution in [0.5, 0.6) is 0 Å². The molecule has 3 rings (SSSR count). The lowest BCUT2D eigenvalue weighted by molar-refractivity contribution is -0.139. The van der Waals surface area contributed by atoms with Crippen molar-refractivity contribution < 1.29 is 9.90 Å². The van der Waals surface area contributed by atoms with Crippen LogP contribution in [0, 0.1) is 0 Å². The highest BCUT2D eigenvalue weighted by Crippen LogP contribution is 2.29. The summed E-state index contributed by atoms with van der Waals surface area (Å²) in [6, 6.07) is 6.99. The fourth-order valence-corrected chi connectivity index (χ4v) is 2.69. The standard InChI is InChI=1S/C15H15N3O2/c1-16-14(15(19)20)9-3-4-12-10(7-9)11-8-17-6-5-13(11)18(12)2/h3-8,14,16H,1-2H3,(H,19,20). The van der Waals surface area contributed by atoms with E-state index in [1.807, 2.05) is 37.5 Å². The molecule has 0 spiro atoms. The normalized spacial score (nSPS) is 12.9. The molecule has 3 aromatic rings. The molecule has 1 atom stereocenters. The summed E-state index contributed by atoms with van der Waals surface area (Å²) < 4.78 is 2.09. The molecule has 0 radical (unpaired) electrons. The van der Waals surface area contributed by atoms with Crippen LogP contribution in [-0.4, -0.2) is 27.7 Å². The van der Waals surface area contributed by atoms with Crippen LogP contribution in [0.4, 0.5) is 0 Å². The molecule has 5 nitrogen and oxygen atoms in total. The molecule has 0 fully saturated rings. The van der Waals surface area contributed by atoms with Gasteiger partial charge >= 0.3 is 5.97 Å². The third-order valence-corrected chi connectivity index (χ3v) is 3.70. The lowest BCUT2D eigenvalue weighted by atomic mass is 10.0. The lowest BCUT2D eigenvalue weighted by Gasteiger charge is -2.11. The number of nitrogens with one attached hydrogen (secondary N) is 1. The number of likely N-dealkylation sites (N-methyl/N-ethyl adjacent to an activating group) is 1. The monoisotopic (exact) mass is 269 g/mol. The first-order valence-corrected chi connectivity index (χ1v) is 6.35. The van der Waals surface area contributed by atoms with Gasteiger partial charge in [0.25, 0.3) is 0 Å². The van der Waals surface area contributed by atoms with E-state index in [-0.39, 0.29) is 0 Å². The molecule has 0 saturated heterocycles. The number of aryl methyl sites for hydroxylation is 1. The van der Waals surface area contributed by atoms with Crippen LogP contribution in [0.2, 0.25) is 0 Å². The Morgan fingerprint density at radius 2 is 2.05 bits per heavy atom. The Hall–Kier alpha value is -2.40. The first-order chi connectivity index (χ1) is 9.63. The third-order valence-electron chi connectivity index (χ3n) is 3.70. The number of carboxylic acids is 1. The molecular weight excluding hydrogens is 254 g/mol. The average molecular weight is 269 g/mol. The van der Waals surface area contributed by atoms with Crippen LogP contribution < -0.4 is 5.32 Å². The summed E-state index contributed by atoms with van der Waals surface area (Å²) in [4.78, 5) is 15.4. The summed E-state index contributed by atoms with van der Waals surface area (Å²) in [5, 5.41) is 14.1. The summed E-state index contributed by atoms with van der Waals surface area (Å²) >= 11 is 0. The van der Waals surface area contributed by atoms with Crippen LogP contribution >= 0.6 is 0 Å². The fourth-order valence-electron chi connectivity index (χ4n) is 2.69. The van der Waals surface area contributed by atoms with Crippen LogP contribution in [0.15, 0.2) is 36.7 Å². The molecule has 20 heavy (non-hydrogen) atoms. The van der Waals surface area contributed by atoms with Gasteiger partial charge in [0, 0.05) is 35.7 Å². The molecule has 0 amide bonds. The molecule has 1 unspecified atom stereocenters. The molecule has 2 heterocycles. The minimum Gasteiger partial charge on any atom is -0.480 e. The first-order valence-electron chi connectivity index (χ1n) is 6.35. The molecule has 0 aliphatic carbocycles. The summed E-state index contributed by atoms with van der Waals surface area (Å²) in [7, 11) is 3.64. The van der Waals surface area contributed by atoms with Crippen molar-refractivity contribution in [1.82, 2.24) is 14.9 Å². The van der Waals surface area contributed by atoms with Crippen LogP contribution in [-0.2, 0) is 11.8 Å². The van der Waals surface area contributed by atoms with Crippen LogP contribution in [0.25, 0.3) is 21.8 Å². The maximum absolute atomic E-state index is 11.3. The van der Waals surface area contributed by atoms with Gasteiger partial charge in [-0.2, -0.15) is 0 Å². The molecular formula is C15H15N3O2. The number of hydrogen-bond donors (Lipinski definition) is 2. The van der Waals surface area contributed by atoms with Crippen molar-refractivity contribution in [2.45, 2.75) is 6.04 Å². The average Bonchev–Trinajstić information content (AvgIpc) is 2.73. The maximum atomic E-state index is 11.3. The van der Waals surface area contributed by atoms with Crippen molar-refractivity contribution in [1.29, 1.82) is 0 Å². The highest BCUT2D eigenvalue weighted by molar-refractivity contribution is 6.08. The number of pyridine rings is 1. The number of rotatable bonds is 3. The molecule has 0 saturated carbocycles. The molecule has 0 bridgehead atoms. The topological polar surface area (TPSA) is 67.2 Å². The van der Waals surface area contributed by atoms with E-state index in [9.17, 15) is 9.90 Å². The number of carbonyl (C=O) groups is 1. The number of nitrogens with zero attached hydrogens (tertiary/aromatic N) is 2. The van der Waals surface area contributed by atoms with E-state index in [1.54, 1.807) is 13.2 Å². The largest absolute Gasteiger partial charge is 0.480 e. The Bertz CT molecular complexity index is 807. The third kappa shape index (κ3) is 1.75. The van der Waals surface area contributed by atoms with E-state index in [0.29, 0.717) is 0 Å². The molecule has 2 N–H and O–H groups in total. The van der Waals surface area contributed by atoms with Gasteiger partial charge < -0.3 is 15.0 Å². The zero-order chi connectivity index (χ0) is 14.3. The number of hydrogen-bond acceptors (Lipinski definition) is 3. The van der Waals surface area contributed by atoms with Crippen molar-refractivity contribution in [3.05, 3.63) is 42.2 Å². The highest BCUT2D eigenvalue weighted by Gasteiger charge is 2.18. The molecule has 0 aliphatic heterocycles. The Balaban J connectivity index is 2.30. The predicted octanol–water partition coefficient (Wildman–Crippen LogP) is 2.07. The van der Waals surface area contributed by atoms with E-state index < -0.39 is 12.0 Å². The van der Waals surface area contributed by atoms with Crippen LogP contribution in [0.1, 0.15) is 11.6 Å². The Labute approximate surface area is 115 Å². The van der Waals surface area contributed by atoms with Gasteiger partial charge in [0.05, 0.1) is 5.52 Å². The van der Waals surface area contributed by atoms with Gasteiger partial charge in [-0.05, 0) is 30.8 Å². The summed E-state index contributed by atoms with van der Waals surface area (Å²) in [5.74, 6) is -0.884. The second kappa shape index (κ2) is 4.61. The van der Waals surface area contributed by atoms with Crippen molar-refractivity contribution in [3.63, 3.8) is 0 Å². The zero-order valence-corrected chi connectivity index (χ0v) is 11.3. The van der Waals surface area contributed by atoms with Gasteiger partial charge in [0.15, 0.2) is 0 Å². The Morgan fingerprint density at radius 3 is 2.75 bits per heavy atom. The van der Waals surface area contributed by atoms with Gasteiger partial charge in [-0.25, -0.2) is 0 Å². The molecule has 2 aromatic heterocycles. The van der Waals surface area contributed by atoms with Crippen molar-refractivity contribution in [2.24, 2.45) is 7.05 Å². The molecule has 0 aliphatic rings. The van der Waals surface area contributed by atoms with Gasteiger partial charge in [-0.1, -0.05) is 6.07 Å². The highest BCUT2D eigenvalue weighted by atomic mass is 16.4. The number of benzene rings is 1. The summed E-state index contributed by atoms with van der Waals surface area (Å²) in [6.45, 7) is 0. The Morgan fingerprint density at radius 1 is 1.30 bits per heavy atom. The van der Waals surface area contributed by atoms with Gasteiger partial charge in [-0.3, -0.25) is 9.78 Å². The number of fused-ring (bicyclic) bond motifs is 3. The quantitative estimate of drug-likeness (QED) is 0.764. The molecule has 5 heteroatoms. The van der Waals surface area contributed by atoms with E-state index in [0.717, 1.165) is 27.4 Å².